The molecule has 1 aromatic heterocycles. The monoisotopic (exact) mass is 261 g/mol. The molecule has 0 unspecified atom stereocenters. The van der Waals surface area contributed by atoms with Crippen LogP contribution in [0.5, 0.6) is 5.75 Å². The smallest absolute Gasteiger partial charge is 0.135 e. The van der Waals surface area contributed by atoms with Gasteiger partial charge in [0.25, 0.3) is 0 Å². The van der Waals surface area contributed by atoms with Crippen molar-refractivity contribution in [2.24, 2.45) is 0 Å². The summed E-state index contributed by atoms with van der Waals surface area (Å²) in [5, 5.41) is 2.98. The molecule has 0 atom stereocenters. The fourth-order valence-corrected chi connectivity index (χ4v) is 2.55. The van der Waals surface area contributed by atoms with Gasteiger partial charge >= 0.3 is 0 Å². The molecule has 1 aromatic carbocycles. The van der Waals surface area contributed by atoms with E-state index in [1.54, 1.807) is 25.4 Å². The number of ketones is 1. The molecule has 0 N–H and O–H groups in total. The van der Waals surface area contributed by atoms with Crippen molar-refractivity contribution in [3.8, 4) is 5.75 Å². The van der Waals surface area contributed by atoms with E-state index in [9.17, 15) is 4.79 Å². The summed E-state index contributed by atoms with van der Waals surface area (Å²) in [6, 6.07) is 7.95. The Bertz CT molecular complexity index is 548. The molecule has 2 aromatic rings. The van der Waals surface area contributed by atoms with Crippen molar-refractivity contribution in [2.75, 3.05) is 7.11 Å². The number of thiazole rings is 1. The fourth-order valence-electron chi connectivity index (χ4n) is 1.72. The Morgan fingerprint density at radius 2 is 2.28 bits per heavy atom. The van der Waals surface area contributed by atoms with Gasteiger partial charge in [0.1, 0.15) is 11.5 Å². The second-order valence-corrected chi connectivity index (χ2v) is 5.08. The van der Waals surface area contributed by atoms with Crippen molar-refractivity contribution < 1.29 is 9.53 Å². The minimum absolute atomic E-state index is 0.147. The van der Waals surface area contributed by atoms with Crippen LogP contribution in [0.25, 0.3) is 0 Å². The minimum Gasteiger partial charge on any atom is -0.497 e. The third kappa shape index (κ3) is 3.40. The minimum atomic E-state index is 0.147. The number of rotatable bonds is 5. The largest absolute Gasteiger partial charge is 0.497 e. The van der Waals surface area contributed by atoms with Crippen molar-refractivity contribution in [1.29, 1.82) is 0 Å². The van der Waals surface area contributed by atoms with Gasteiger partial charge in [-0.1, -0.05) is 12.1 Å². The van der Waals surface area contributed by atoms with Gasteiger partial charge in [0.15, 0.2) is 0 Å². The number of carbonyl (C=O) groups is 1. The molecule has 0 aliphatic carbocycles. The summed E-state index contributed by atoms with van der Waals surface area (Å²) in [4.78, 5) is 15.5. The molecule has 0 bridgehead atoms. The summed E-state index contributed by atoms with van der Waals surface area (Å²) < 4.78 is 5.19. The number of nitrogens with zero attached hydrogens (tertiary/aromatic N) is 1. The molecular formula is C14H15NO2S. The molecule has 0 saturated heterocycles. The van der Waals surface area contributed by atoms with Crippen LogP contribution in [-0.2, 0) is 17.6 Å². The Hall–Kier alpha value is -1.68. The van der Waals surface area contributed by atoms with Gasteiger partial charge in [0, 0.05) is 18.2 Å². The number of hydrogen-bond acceptors (Lipinski definition) is 4. The number of ether oxygens (including phenoxy) is 1. The maximum absolute atomic E-state index is 11.0. The highest BCUT2D eigenvalue weighted by molar-refractivity contribution is 7.09. The maximum atomic E-state index is 11.0. The molecular weight excluding hydrogens is 246 g/mol. The molecule has 0 saturated carbocycles. The highest BCUT2D eigenvalue weighted by Crippen LogP contribution is 2.18. The summed E-state index contributed by atoms with van der Waals surface area (Å²) in [7, 11) is 1.66. The molecule has 0 aliphatic heterocycles. The number of methoxy groups -OCH3 is 1. The Labute approximate surface area is 110 Å². The Morgan fingerprint density at radius 1 is 1.44 bits per heavy atom. The number of benzene rings is 1. The van der Waals surface area contributed by atoms with Crippen LogP contribution in [0.2, 0.25) is 0 Å². The zero-order valence-electron chi connectivity index (χ0n) is 10.5. The predicted octanol–water partition coefficient (Wildman–Crippen LogP) is 2.87. The van der Waals surface area contributed by atoms with Crippen LogP contribution < -0.4 is 4.74 Å². The van der Waals surface area contributed by atoms with E-state index in [-0.39, 0.29) is 5.78 Å². The average molecular weight is 261 g/mol. The molecule has 18 heavy (non-hydrogen) atoms. The van der Waals surface area contributed by atoms with Gasteiger partial charge in [-0.25, -0.2) is 4.98 Å². The highest BCUT2D eigenvalue weighted by Gasteiger charge is 2.05. The lowest BCUT2D eigenvalue weighted by molar-refractivity contribution is -0.116. The van der Waals surface area contributed by atoms with Crippen LogP contribution in [0, 0.1) is 0 Å². The Kier molecular flexibility index (Phi) is 4.10. The second kappa shape index (κ2) is 5.78. The average Bonchev–Trinajstić information content (AvgIpc) is 2.76. The molecule has 2 rings (SSSR count). The maximum Gasteiger partial charge on any atom is 0.135 e. The summed E-state index contributed by atoms with van der Waals surface area (Å²) >= 11 is 1.60. The van der Waals surface area contributed by atoms with Gasteiger partial charge in [-0.2, -0.15) is 0 Å². The number of Topliss-reactive ketones (excluding diaryl/α,β-unsaturated/α-hetero) is 1. The third-order valence-corrected chi connectivity index (χ3v) is 3.42. The molecule has 0 fully saturated rings. The molecule has 1 heterocycles. The van der Waals surface area contributed by atoms with Crippen LogP contribution in [0.15, 0.2) is 29.6 Å². The normalized spacial score (nSPS) is 10.3. The summed E-state index contributed by atoms with van der Waals surface area (Å²) in [6.07, 6.45) is 1.20. The summed E-state index contributed by atoms with van der Waals surface area (Å²) in [5.41, 5.74) is 2.03. The van der Waals surface area contributed by atoms with Gasteiger partial charge in [-0.05, 0) is 24.6 Å². The molecule has 4 heteroatoms. The number of carbonyl (C=O) groups excluding carboxylic acids is 1. The molecule has 0 aliphatic rings. The van der Waals surface area contributed by atoms with Crippen LogP contribution in [-0.4, -0.2) is 17.9 Å². The topological polar surface area (TPSA) is 39.2 Å². The van der Waals surface area contributed by atoms with Crippen molar-refractivity contribution in [1.82, 2.24) is 4.98 Å². The van der Waals surface area contributed by atoms with E-state index in [2.05, 4.69) is 11.1 Å². The van der Waals surface area contributed by atoms with E-state index in [1.165, 1.54) is 0 Å². The first-order valence-electron chi connectivity index (χ1n) is 5.73. The van der Waals surface area contributed by atoms with Crippen LogP contribution in [0.1, 0.15) is 23.2 Å². The summed E-state index contributed by atoms with van der Waals surface area (Å²) in [6.45, 7) is 1.58. The zero-order valence-corrected chi connectivity index (χ0v) is 11.3. The third-order valence-electron chi connectivity index (χ3n) is 2.52. The highest BCUT2D eigenvalue weighted by atomic mass is 32.1. The first-order chi connectivity index (χ1) is 8.67. The van der Waals surface area contributed by atoms with E-state index in [1.807, 2.05) is 23.6 Å². The van der Waals surface area contributed by atoms with E-state index in [4.69, 9.17) is 4.74 Å². The zero-order chi connectivity index (χ0) is 13.0. The first kappa shape index (κ1) is 12.8. The molecule has 0 amide bonds. The number of aromatic nitrogens is 1. The van der Waals surface area contributed by atoms with Crippen LogP contribution in [0.4, 0.5) is 0 Å². The van der Waals surface area contributed by atoms with Gasteiger partial charge in [0.05, 0.1) is 17.8 Å². The Balaban J connectivity index is 2.08. The first-order valence-corrected chi connectivity index (χ1v) is 6.61. The van der Waals surface area contributed by atoms with Gasteiger partial charge in [-0.3, -0.25) is 4.79 Å². The van der Waals surface area contributed by atoms with E-state index in [0.29, 0.717) is 6.42 Å². The quantitative estimate of drug-likeness (QED) is 0.830. The standard InChI is InChI=1S/C14H15NO2S/c1-10(16)6-12-9-18-14(15-12)8-11-4-3-5-13(7-11)17-2/h3-5,7,9H,6,8H2,1-2H3. The Morgan fingerprint density at radius 3 is 3.00 bits per heavy atom. The fraction of sp³-hybridized carbons (Fsp3) is 0.286. The predicted molar refractivity (Wildman–Crippen MR) is 72.3 cm³/mol. The summed E-state index contributed by atoms with van der Waals surface area (Å²) in [5.74, 6) is 1.00. The molecule has 3 nitrogen and oxygen atoms in total. The van der Waals surface area contributed by atoms with Gasteiger partial charge in [0.2, 0.25) is 0 Å². The van der Waals surface area contributed by atoms with Crippen LogP contribution in [0.3, 0.4) is 0 Å². The van der Waals surface area contributed by atoms with Crippen molar-refractivity contribution in [3.05, 3.63) is 45.9 Å². The lowest BCUT2D eigenvalue weighted by Gasteiger charge is -2.02. The van der Waals surface area contributed by atoms with E-state index >= 15 is 0 Å². The lowest BCUT2D eigenvalue weighted by Crippen LogP contribution is -1.97. The number of hydrogen-bond donors (Lipinski definition) is 0. The molecule has 0 radical (unpaired) electrons. The van der Waals surface area contributed by atoms with Gasteiger partial charge in [-0.15, -0.1) is 11.3 Å². The van der Waals surface area contributed by atoms with E-state index in [0.717, 1.165) is 28.4 Å². The SMILES string of the molecule is COc1cccc(Cc2nc(CC(C)=O)cs2)c1. The second-order valence-electron chi connectivity index (χ2n) is 4.14. The lowest BCUT2D eigenvalue weighted by atomic mass is 10.1. The van der Waals surface area contributed by atoms with Crippen molar-refractivity contribution in [3.63, 3.8) is 0 Å². The molecule has 94 valence electrons. The van der Waals surface area contributed by atoms with Crippen molar-refractivity contribution in [2.45, 2.75) is 19.8 Å². The van der Waals surface area contributed by atoms with Crippen LogP contribution >= 0.6 is 11.3 Å². The van der Waals surface area contributed by atoms with Gasteiger partial charge < -0.3 is 4.74 Å². The van der Waals surface area contributed by atoms with Crippen molar-refractivity contribution >= 4 is 17.1 Å². The van der Waals surface area contributed by atoms with E-state index < -0.39 is 0 Å². The molecule has 0 spiro atoms.